The van der Waals surface area contributed by atoms with Gasteiger partial charge in [0.2, 0.25) is 0 Å². The maximum absolute atomic E-state index is 13.1. The molecule has 2 rings (SSSR count). The quantitative estimate of drug-likeness (QED) is 0.825. The van der Waals surface area contributed by atoms with E-state index in [1.54, 1.807) is 0 Å². The third-order valence-corrected chi connectivity index (χ3v) is 2.86. The van der Waals surface area contributed by atoms with E-state index in [0.717, 1.165) is 25.0 Å². The Balaban J connectivity index is 2.14. The fourth-order valence-corrected chi connectivity index (χ4v) is 1.91. The monoisotopic (exact) mass is 263 g/mol. The molecular formula is C12H13F4NO. The molecule has 1 aromatic carbocycles. The summed E-state index contributed by atoms with van der Waals surface area (Å²) in [6.45, 7) is 1.18. The van der Waals surface area contributed by atoms with Gasteiger partial charge in [-0.3, -0.25) is 0 Å². The predicted octanol–water partition coefficient (Wildman–Crippen LogP) is 3.44. The Kier molecular flexibility index (Phi) is 3.75. The number of alkyl halides is 3. The third kappa shape index (κ3) is 3.13. The van der Waals surface area contributed by atoms with E-state index in [2.05, 4.69) is 5.32 Å². The molecule has 0 unspecified atom stereocenters. The molecule has 0 aromatic heterocycles. The predicted molar refractivity (Wildman–Crippen MR) is 58.9 cm³/mol. The zero-order valence-corrected chi connectivity index (χ0v) is 9.56. The van der Waals surface area contributed by atoms with Crippen molar-refractivity contribution < 1.29 is 22.3 Å². The van der Waals surface area contributed by atoms with E-state index < -0.39 is 17.6 Å². The first-order chi connectivity index (χ1) is 8.47. The van der Waals surface area contributed by atoms with Gasteiger partial charge in [-0.15, -0.1) is 0 Å². The van der Waals surface area contributed by atoms with Crippen molar-refractivity contribution in [2.45, 2.75) is 25.1 Å². The Hall–Kier alpha value is -1.30. The number of benzene rings is 1. The van der Waals surface area contributed by atoms with Crippen LogP contribution in [-0.2, 0) is 10.9 Å². The van der Waals surface area contributed by atoms with Crippen LogP contribution in [0.1, 0.15) is 18.4 Å². The van der Waals surface area contributed by atoms with Crippen molar-refractivity contribution in [1.82, 2.24) is 0 Å². The highest BCUT2D eigenvalue weighted by Gasteiger charge is 2.34. The molecule has 1 aliphatic rings. The van der Waals surface area contributed by atoms with Gasteiger partial charge in [0, 0.05) is 24.9 Å². The van der Waals surface area contributed by atoms with Crippen molar-refractivity contribution in [3.05, 3.63) is 29.6 Å². The van der Waals surface area contributed by atoms with Gasteiger partial charge >= 0.3 is 6.18 Å². The molecule has 1 fully saturated rings. The molecule has 6 heteroatoms. The van der Waals surface area contributed by atoms with Crippen molar-refractivity contribution in [1.29, 1.82) is 0 Å². The summed E-state index contributed by atoms with van der Waals surface area (Å²) in [5.74, 6) is -1.25. The molecule has 18 heavy (non-hydrogen) atoms. The molecule has 100 valence electrons. The summed E-state index contributed by atoms with van der Waals surface area (Å²) >= 11 is 0. The first-order valence-corrected chi connectivity index (χ1v) is 5.68. The van der Waals surface area contributed by atoms with E-state index in [9.17, 15) is 17.6 Å². The van der Waals surface area contributed by atoms with Gasteiger partial charge in [0.1, 0.15) is 5.82 Å². The maximum Gasteiger partial charge on any atom is 0.419 e. The van der Waals surface area contributed by atoms with Crippen molar-refractivity contribution in [3.8, 4) is 0 Å². The van der Waals surface area contributed by atoms with Crippen LogP contribution in [0, 0.1) is 5.82 Å². The van der Waals surface area contributed by atoms with E-state index in [4.69, 9.17) is 4.74 Å². The molecule has 0 spiro atoms. The lowest BCUT2D eigenvalue weighted by Crippen LogP contribution is -2.28. The summed E-state index contributed by atoms with van der Waals surface area (Å²) in [6.07, 6.45) is -3.20. The average molecular weight is 263 g/mol. The van der Waals surface area contributed by atoms with E-state index in [1.165, 1.54) is 6.07 Å². The zero-order valence-electron chi connectivity index (χ0n) is 9.56. The van der Waals surface area contributed by atoms with Gasteiger partial charge in [-0.05, 0) is 31.0 Å². The molecule has 0 radical (unpaired) electrons. The normalized spacial score (nSPS) is 17.8. The highest BCUT2D eigenvalue weighted by molar-refractivity contribution is 5.47. The highest BCUT2D eigenvalue weighted by atomic mass is 19.4. The van der Waals surface area contributed by atoms with Crippen molar-refractivity contribution >= 4 is 5.69 Å². The number of halogens is 4. The first-order valence-electron chi connectivity index (χ1n) is 5.68. The lowest BCUT2D eigenvalue weighted by atomic mass is 10.1. The molecular weight excluding hydrogens is 250 g/mol. The van der Waals surface area contributed by atoms with Crippen LogP contribution < -0.4 is 5.32 Å². The van der Waals surface area contributed by atoms with Crippen LogP contribution in [-0.4, -0.2) is 19.3 Å². The lowest BCUT2D eigenvalue weighted by molar-refractivity contribution is -0.139. The Morgan fingerprint density at radius 2 is 1.83 bits per heavy atom. The second kappa shape index (κ2) is 5.14. The number of ether oxygens (including phenoxy) is 1. The highest BCUT2D eigenvalue weighted by Crippen LogP contribution is 2.33. The van der Waals surface area contributed by atoms with Gasteiger partial charge in [0.05, 0.1) is 5.56 Å². The number of hydrogen-bond acceptors (Lipinski definition) is 2. The molecule has 0 aliphatic carbocycles. The standard InChI is InChI=1S/C12H13F4NO/c13-11-2-1-9(7-10(11)12(14,15)16)17-8-3-5-18-6-4-8/h1-2,7-8,17H,3-6H2. The van der Waals surface area contributed by atoms with Gasteiger partial charge in [0.15, 0.2) is 0 Å². The Morgan fingerprint density at radius 1 is 1.17 bits per heavy atom. The van der Waals surface area contributed by atoms with Gasteiger partial charge in [-0.2, -0.15) is 13.2 Å². The first kappa shape index (κ1) is 13.1. The Morgan fingerprint density at radius 3 is 2.44 bits per heavy atom. The summed E-state index contributed by atoms with van der Waals surface area (Å²) in [5, 5.41) is 2.97. The minimum Gasteiger partial charge on any atom is -0.382 e. The van der Waals surface area contributed by atoms with Crippen LogP contribution >= 0.6 is 0 Å². The molecule has 0 saturated carbocycles. The van der Waals surface area contributed by atoms with E-state index in [1.807, 2.05) is 0 Å². The topological polar surface area (TPSA) is 21.3 Å². The molecule has 2 nitrogen and oxygen atoms in total. The fourth-order valence-electron chi connectivity index (χ4n) is 1.91. The van der Waals surface area contributed by atoms with Gasteiger partial charge in [0.25, 0.3) is 0 Å². The molecule has 1 aromatic rings. The van der Waals surface area contributed by atoms with Gasteiger partial charge < -0.3 is 10.1 Å². The molecule has 0 atom stereocenters. The van der Waals surface area contributed by atoms with Crippen LogP contribution in [0.3, 0.4) is 0 Å². The van der Waals surface area contributed by atoms with Crippen molar-refractivity contribution in [2.24, 2.45) is 0 Å². The van der Waals surface area contributed by atoms with Crippen molar-refractivity contribution in [2.75, 3.05) is 18.5 Å². The minimum atomic E-state index is -4.67. The zero-order chi connectivity index (χ0) is 13.2. The van der Waals surface area contributed by atoms with Crippen LogP contribution in [0.4, 0.5) is 23.2 Å². The summed E-state index contributed by atoms with van der Waals surface area (Å²) in [6, 6.07) is 3.04. The van der Waals surface area contributed by atoms with Crippen LogP contribution in [0.15, 0.2) is 18.2 Å². The largest absolute Gasteiger partial charge is 0.419 e. The number of rotatable bonds is 2. The number of anilines is 1. The summed E-state index contributed by atoms with van der Waals surface area (Å²) in [4.78, 5) is 0. The molecule has 1 saturated heterocycles. The fraction of sp³-hybridized carbons (Fsp3) is 0.500. The van der Waals surface area contributed by atoms with Gasteiger partial charge in [-0.1, -0.05) is 0 Å². The van der Waals surface area contributed by atoms with Crippen LogP contribution in [0.25, 0.3) is 0 Å². The second-order valence-corrected chi connectivity index (χ2v) is 4.22. The molecule has 1 N–H and O–H groups in total. The Bertz CT molecular complexity index is 413. The SMILES string of the molecule is Fc1ccc(NC2CCOCC2)cc1C(F)(F)F. The summed E-state index contributed by atoms with van der Waals surface area (Å²) in [5.41, 5.74) is -0.949. The maximum atomic E-state index is 13.1. The molecule has 1 heterocycles. The average Bonchev–Trinajstić information content (AvgIpc) is 2.31. The minimum absolute atomic E-state index is 0.0743. The van der Waals surface area contributed by atoms with Crippen LogP contribution in [0.2, 0.25) is 0 Å². The van der Waals surface area contributed by atoms with Gasteiger partial charge in [-0.25, -0.2) is 4.39 Å². The molecule has 0 amide bonds. The number of nitrogens with one attached hydrogen (secondary N) is 1. The summed E-state index contributed by atoms with van der Waals surface area (Å²) in [7, 11) is 0. The van der Waals surface area contributed by atoms with E-state index >= 15 is 0 Å². The third-order valence-electron chi connectivity index (χ3n) is 2.86. The number of hydrogen-bond donors (Lipinski definition) is 1. The molecule has 0 bridgehead atoms. The van der Waals surface area contributed by atoms with E-state index in [0.29, 0.717) is 13.2 Å². The lowest BCUT2D eigenvalue weighted by Gasteiger charge is -2.24. The molecule has 1 aliphatic heterocycles. The van der Waals surface area contributed by atoms with E-state index in [-0.39, 0.29) is 11.7 Å². The Labute approximate surface area is 102 Å². The second-order valence-electron chi connectivity index (χ2n) is 4.22. The van der Waals surface area contributed by atoms with Crippen LogP contribution in [0.5, 0.6) is 0 Å². The summed E-state index contributed by atoms with van der Waals surface area (Å²) < 4.78 is 55.8. The smallest absolute Gasteiger partial charge is 0.382 e. The van der Waals surface area contributed by atoms with Crippen molar-refractivity contribution in [3.63, 3.8) is 0 Å².